The molecule has 0 spiro atoms. The fourth-order valence-corrected chi connectivity index (χ4v) is 6.06. The van der Waals surface area contributed by atoms with Gasteiger partial charge >= 0.3 is 5.97 Å². The number of likely N-dealkylation sites (tertiary alicyclic amines) is 1. The highest BCUT2D eigenvalue weighted by molar-refractivity contribution is 5.85. The van der Waals surface area contributed by atoms with Crippen LogP contribution in [0.25, 0.3) is 10.9 Å². The Morgan fingerprint density at radius 1 is 1.29 bits per heavy atom. The van der Waals surface area contributed by atoms with E-state index in [0.29, 0.717) is 47.0 Å². The number of aromatic nitrogens is 1. The van der Waals surface area contributed by atoms with Gasteiger partial charge < -0.3 is 20.5 Å². The van der Waals surface area contributed by atoms with Gasteiger partial charge in [-0.15, -0.1) is 0 Å². The largest absolute Gasteiger partial charge is 0.497 e. The second-order valence-electron chi connectivity index (χ2n) is 10.5. The average Bonchev–Trinajstić information content (AvgIpc) is 2.90. The van der Waals surface area contributed by atoms with E-state index >= 15 is 4.39 Å². The normalized spacial score (nSPS) is 20.1. The van der Waals surface area contributed by atoms with Crippen LogP contribution in [0.5, 0.6) is 5.75 Å². The van der Waals surface area contributed by atoms with Gasteiger partial charge in [-0.3, -0.25) is 9.78 Å². The number of alkyl halides is 1. The molecule has 6 nitrogen and oxygen atoms in total. The molecule has 1 aliphatic heterocycles. The van der Waals surface area contributed by atoms with E-state index in [4.69, 9.17) is 10.5 Å². The number of fused-ring (bicyclic) bond motifs is 1. The molecule has 2 aliphatic rings. The van der Waals surface area contributed by atoms with Crippen molar-refractivity contribution in [3.05, 3.63) is 35.5 Å². The van der Waals surface area contributed by atoms with Crippen LogP contribution < -0.4 is 10.5 Å². The summed E-state index contributed by atoms with van der Waals surface area (Å²) in [5.74, 6) is 0.661. The van der Waals surface area contributed by atoms with Crippen LogP contribution in [-0.4, -0.2) is 47.7 Å². The average molecular weight is 486 g/mol. The molecular weight excluding hydrogens is 445 g/mol. The van der Waals surface area contributed by atoms with E-state index in [9.17, 15) is 9.90 Å². The first-order valence-corrected chi connectivity index (χ1v) is 13.2. The Bertz CT molecular complexity index is 995. The lowest BCUT2D eigenvalue weighted by atomic mass is 9.74. The van der Waals surface area contributed by atoms with Crippen LogP contribution in [0, 0.1) is 11.3 Å². The number of nitrogens with zero attached hydrogens (tertiary/aromatic N) is 2. The Balaban J connectivity index is 1.42. The molecule has 2 fully saturated rings. The Morgan fingerprint density at radius 3 is 2.69 bits per heavy atom. The molecule has 1 unspecified atom stereocenters. The summed E-state index contributed by atoms with van der Waals surface area (Å²) in [7, 11) is 1.58. The maximum absolute atomic E-state index is 15.8. The highest BCUT2D eigenvalue weighted by atomic mass is 19.1. The molecule has 0 bridgehead atoms. The zero-order chi connectivity index (χ0) is 24.8. The number of carboxylic acid groups (broad SMARTS) is 1. The fourth-order valence-electron chi connectivity index (χ4n) is 6.06. The molecule has 3 N–H and O–H groups in total. The quantitative estimate of drug-likeness (QED) is 0.453. The number of aliphatic carboxylic acids is 1. The number of halogens is 1. The van der Waals surface area contributed by atoms with E-state index < -0.39 is 17.6 Å². The molecule has 2 aromatic rings. The van der Waals surface area contributed by atoms with Crippen molar-refractivity contribution < 1.29 is 19.0 Å². The zero-order valence-electron chi connectivity index (χ0n) is 21.0. The summed E-state index contributed by atoms with van der Waals surface area (Å²) in [6.07, 6.45) is 9.90. The molecule has 2 heterocycles. The van der Waals surface area contributed by atoms with Gasteiger partial charge in [0.25, 0.3) is 0 Å². The lowest BCUT2D eigenvalue weighted by Crippen LogP contribution is -2.45. The molecule has 4 rings (SSSR count). The number of benzene rings is 1. The Labute approximate surface area is 208 Å². The van der Waals surface area contributed by atoms with Crippen molar-refractivity contribution in [3.8, 4) is 5.75 Å². The minimum Gasteiger partial charge on any atom is -0.497 e. The lowest BCUT2D eigenvalue weighted by Gasteiger charge is -2.40. The number of methoxy groups -OCH3 is 1. The number of rotatable bonds is 10. The van der Waals surface area contributed by atoms with Crippen LogP contribution in [0.4, 0.5) is 4.39 Å². The SMILES string of the molecule is COc1ccc2ncc(CN)c(C(F)CCC3(C(=O)O)CCN(CCC4CCCCC4)CC3)c2c1. The number of pyridine rings is 1. The zero-order valence-corrected chi connectivity index (χ0v) is 21.0. The summed E-state index contributed by atoms with van der Waals surface area (Å²) in [5.41, 5.74) is 6.91. The Morgan fingerprint density at radius 2 is 2.03 bits per heavy atom. The summed E-state index contributed by atoms with van der Waals surface area (Å²) in [5, 5.41) is 10.8. The van der Waals surface area contributed by atoms with Crippen LogP contribution >= 0.6 is 0 Å². The molecule has 0 radical (unpaired) electrons. The molecule has 1 saturated carbocycles. The van der Waals surface area contributed by atoms with Crippen molar-refractivity contribution in [2.45, 2.75) is 76.9 Å². The van der Waals surface area contributed by atoms with Crippen LogP contribution in [0.3, 0.4) is 0 Å². The van der Waals surface area contributed by atoms with Crippen LogP contribution in [-0.2, 0) is 11.3 Å². The van der Waals surface area contributed by atoms with Crippen LogP contribution in [0.2, 0.25) is 0 Å². The summed E-state index contributed by atoms with van der Waals surface area (Å²) in [4.78, 5) is 19.2. The molecule has 1 atom stereocenters. The predicted octanol–water partition coefficient (Wildman–Crippen LogP) is 5.63. The predicted molar refractivity (Wildman–Crippen MR) is 136 cm³/mol. The van der Waals surface area contributed by atoms with E-state index in [2.05, 4.69) is 9.88 Å². The van der Waals surface area contributed by atoms with Crippen molar-refractivity contribution >= 4 is 16.9 Å². The number of carbonyl (C=O) groups is 1. The van der Waals surface area contributed by atoms with E-state index in [1.807, 2.05) is 6.07 Å². The van der Waals surface area contributed by atoms with Crippen molar-refractivity contribution in [1.82, 2.24) is 9.88 Å². The van der Waals surface area contributed by atoms with Gasteiger partial charge in [-0.2, -0.15) is 0 Å². The third-order valence-electron chi connectivity index (χ3n) is 8.45. The fraction of sp³-hybridized carbons (Fsp3) is 0.643. The highest BCUT2D eigenvalue weighted by Crippen LogP contribution is 2.41. The minimum atomic E-state index is -1.31. The second kappa shape index (κ2) is 11.7. The number of nitrogens with two attached hydrogens (primary N) is 1. The van der Waals surface area contributed by atoms with Gasteiger partial charge in [-0.05, 0) is 81.4 Å². The first-order chi connectivity index (χ1) is 17.0. The van der Waals surface area contributed by atoms with Gasteiger partial charge in [0, 0.05) is 23.7 Å². The van der Waals surface area contributed by atoms with Gasteiger partial charge in [0.15, 0.2) is 0 Å². The summed E-state index contributed by atoms with van der Waals surface area (Å²) < 4.78 is 21.2. The Kier molecular flexibility index (Phi) is 8.60. The van der Waals surface area contributed by atoms with E-state index in [-0.39, 0.29) is 13.0 Å². The number of carboxylic acids is 1. The third-order valence-corrected chi connectivity index (χ3v) is 8.45. The number of piperidine rings is 1. The summed E-state index contributed by atoms with van der Waals surface area (Å²) in [6, 6.07) is 5.41. The third kappa shape index (κ3) is 5.95. The van der Waals surface area contributed by atoms with Crippen LogP contribution in [0.1, 0.15) is 81.5 Å². The van der Waals surface area contributed by atoms with Gasteiger partial charge in [0.1, 0.15) is 11.9 Å². The van der Waals surface area contributed by atoms with Crippen molar-refractivity contribution in [1.29, 1.82) is 0 Å². The Hall–Kier alpha value is -2.25. The van der Waals surface area contributed by atoms with E-state index in [0.717, 1.165) is 25.6 Å². The van der Waals surface area contributed by atoms with Crippen LogP contribution in [0.15, 0.2) is 24.4 Å². The first kappa shape index (κ1) is 25.8. The van der Waals surface area contributed by atoms with E-state index in [1.54, 1.807) is 25.4 Å². The second-order valence-corrected chi connectivity index (χ2v) is 10.5. The summed E-state index contributed by atoms with van der Waals surface area (Å²) >= 11 is 0. The number of hydrogen-bond donors (Lipinski definition) is 2. The molecule has 1 saturated heterocycles. The number of ether oxygens (including phenoxy) is 1. The first-order valence-electron chi connectivity index (χ1n) is 13.2. The van der Waals surface area contributed by atoms with E-state index in [1.165, 1.54) is 38.5 Å². The molecule has 7 heteroatoms. The monoisotopic (exact) mass is 485 g/mol. The lowest BCUT2D eigenvalue weighted by molar-refractivity contribution is -0.153. The topological polar surface area (TPSA) is 88.7 Å². The standard InChI is InChI=1S/C28H40FN3O3/c1-35-22-7-8-25-23(17-22)26(21(18-30)19-31-25)24(29)9-11-28(27(33)34)12-15-32(16-13-28)14-10-20-5-3-2-4-6-20/h7-8,17,19-20,24H,2-6,9-16,18,30H2,1H3,(H,33,34). The van der Waals surface area contributed by atoms with Crippen molar-refractivity contribution in [3.63, 3.8) is 0 Å². The molecule has 1 aromatic carbocycles. The van der Waals surface area contributed by atoms with Gasteiger partial charge in [0.05, 0.1) is 18.0 Å². The van der Waals surface area contributed by atoms with Gasteiger partial charge in [-0.1, -0.05) is 32.1 Å². The van der Waals surface area contributed by atoms with Crippen molar-refractivity contribution in [2.24, 2.45) is 17.1 Å². The maximum atomic E-state index is 15.8. The molecular formula is C28H40FN3O3. The van der Waals surface area contributed by atoms with Gasteiger partial charge in [0.2, 0.25) is 0 Å². The maximum Gasteiger partial charge on any atom is 0.309 e. The molecule has 1 aliphatic carbocycles. The molecule has 1 aromatic heterocycles. The molecule has 192 valence electrons. The summed E-state index contributed by atoms with van der Waals surface area (Å²) in [6.45, 7) is 2.78. The minimum absolute atomic E-state index is 0.150. The van der Waals surface area contributed by atoms with Crippen molar-refractivity contribution in [2.75, 3.05) is 26.7 Å². The van der Waals surface area contributed by atoms with Gasteiger partial charge in [-0.25, -0.2) is 4.39 Å². The smallest absolute Gasteiger partial charge is 0.309 e. The molecule has 35 heavy (non-hydrogen) atoms. The number of hydrogen-bond acceptors (Lipinski definition) is 5. The highest BCUT2D eigenvalue weighted by Gasteiger charge is 2.42. The molecule has 0 amide bonds.